The quantitative estimate of drug-likeness (QED) is 0.562. The lowest BCUT2D eigenvalue weighted by Gasteiger charge is -2.09. The number of aryl methyl sites for hydroxylation is 2. The van der Waals surface area contributed by atoms with E-state index in [-0.39, 0.29) is 11.2 Å². The van der Waals surface area contributed by atoms with Gasteiger partial charge in [-0.2, -0.15) is 0 Å². The molecule has 0 unspecified atom stereocenters. The summed E-state index contributed by atoms with van der Waals surface area (Å²) >= 11 is 3.53. The zero-order valence-corrected chi connectivity index (χ0v) is 18.6. The number of hydrogen-bond donors (Lipinski definition) is 0. The molecule has 2 heterocycles. The van der Waals surface area contributed by atoms with Crippen LogP contribution in [-0.4, -0.2) is 32.9 Å². The van der Waals surface area contributed by atoms with Crippen LogP contribution in [0, 0.1) is 0 Å². The van der Waals surface area contributed by atoms with Gasteiger partial charge in [0, 0.05) is 24.6 Å². The number of benzene rings is 1. The first-order valence-corrected chi connectivity index (χ1v) is 9.96. The first kappa shape index (κ1) is 20.9. The highest BCUT2D eigenvalue weighted by molar-refractivity contribution is 9.10. The van der Waals surface area contributed by atoms with E-state index in [0.29, 0.717) is 41.6 Å². The molecule has 0 N–H and O–H groups in total. The van der Waals surface area contributed by atoms with Gasteiger partial charge in [0.1, 0.15) is 5.82 Å². The van der Waals surface area contributed by atoms with Crippen LogP contribution in [0.1, 0.15) is 25.2 Å². The molecule has 9 heteroatoms. The van der Waals surface area contributed by atoms with Crippen molar-refractivity contribution in [2.24, 2.45) is 7.05 Å². The number of nitrogens with zero attached hydrogens (tertiary/aromatic N) is 4. The largest absolute Gasteiger partial charge is 0.493 e. The van der Waals surface area contributed by atoms with Crippen molar-refractivity contribution < 1.29 is 9.47 Å². The lowest BCUT2D eigenvalue weighted by atomic mass is 10.2. The monoisotopic (exact) mass is 462 g/mol. The third-order valence-electron chi connectivity index (χ3n) is 4.82. The highest BCUT2D eigenvalue weighted by Gasteiger charge is 2.18. The van der Waals surface area contributed by atoms with Gasteiger partial charge in [-0.25, -0.2) is 9.78 Å². The summed E-state index contributed by atoms with van der Waals surface area (Å²) in [6.07, 6.45) is 3.66. The molecule has 3 rings (SSSR count). The first-order chi connectivity index (χ1) is 13.9. The molecule has 0 aliphatic carbocycles. The maximum Gasteiger partial charge on any atom is 0.332 e. The van der Waals surface area contributed by atoms with E-state index in [1.54, 1.807) is 38.8 Å². The molecule has 0 fully saturated rings. The molecule has 0 saturated carbocycles. The molecular formula is C20H23BrN4O4. The summed E-state index contributed by atoms with van der Waals surface area (Å²) in [7, 11) is 4.92. The molecule has 29 heavy (non-hydrogen) atoms. The van der Waals surface area contributed by atoms with Crippen LogP contribution in [0.2, 0.25) is 0 Å². The second-order valence-corrected chi connectivity index (χ2v) is 7.19. The van der Waals surface area contributed by atoms with Crippen molar-refractivity contribution in [1.82, 2.24) is 18.7 Å². The van der Waals surface area contributed by atoms with Gasteiger partial charge in [0.25, 0.3) is 5.56 Å². The van der Waals surface area contributed by atoms with Gasteiger partial charge in [-0.1, -0.05) is 22.0 Å². The molecule has 0 saturated heterocycles. The van der Waals surface area contributed by atoms with E-state index < -0.39 is 0 Å². The van der Waals surface area contributed by atoms with E-state index in [0.717, 1.165) is 10.0 Å². The molecule has 0 radical (unpaired) electrons. The highest BCUT2D eigenvalue weighted by atomic mass is 79.9. The minimum Gasteiger partial charge on any atom is -0.493 e. The Morgan fingerprint density at radius 2 is 1.66 bits per heavy atom. The SMILES string of the molecule is CCn1c(=O)c2c(nc(C=Cc3cc(OC)c(OC)cc3Br)n2C)n(CC)c1=O. The van der Waals surface area contributed by atoms with Crippen LogP contribution in [0.5, 0.6) is 11.5 Å². The molecule has 1 aromatic carbocycles. The van der Waals surface area contributed by atoms with Crippen molar-refractivity contribution in [3.05, 3.63) is 48.8 Å². The Morgan fingerprint density at radius 1 is 1.03 bits per heavy atom. The number of methoxy groups -OCH3 is 2. The zero-order valence-electron chi connectivity index (χ0n) is 17.0. The lowest BCUT2D eigenvalue weighted by Crippen LogP contribution is -2.39. The molecule has 8 nitrogen and oxygen atoms in total. The Bertz CT molecular complexity index is 1220. The van der Waals surface area contributed by atoms with Crippen molar-refractivity contribution in [3.63, 3.8) is 0 Å². The van der Waals surface area contributed by atoms with Crippen LogP contribution >= 0.6 is 15.9 Å². The maximum absolute atomic E-state index is 12.8. The highest BCUT2D eigenvalue weighted by Crippen LogP contribution is 2.34. The third-order valence-corrected chi connectivity index (χ3v) is 5.51. The Labute approximate surface area is 176 Å². The van der Waals surface area contributed by atoms with E-state index in [4.69, 9.17) is 9.47 Å². The zero-order chi connectivity index (χ0) is 21.3. The molecule has 3 aromatic rings. The van der Waals surface area contributed by atoms with Gasteiger partial charge in [0.05, 0.1) is 14.2 Å². The minimum absolute atomic E-state index is 0.308. The number of ether oxygens (including phenoxy) is 2. The van der Waals surface area contributed by atoms with E-state index >= 15 is 0 Å². The van der Waals surface area contributed by atoms with Gasteiger partial charge in [-0.05, 0) is 37.6 Å². The van der Waals surface area contributed by atoms with E-state index in [1.165, 1.54) is 9.13 Å². The predicted molar refractivity (Wildman–Crippen MR) is 117 cm³/mol. The van der Waals surface area contributed by atoms with Crippen LogP contribution in [-0.2, 0) is 20.1 Å². The molecular weight excluding hydrogens is 440 g/mol. The summed E-state index contributed by atoms with van der Waals surface area (Å²) in [6.45, 7) is 4.37. The first-order valence-electron chi connectivity index (χ1n) is 9.17. The molecule has 2 aromatic heterocycles. The number of rotatable bonds is 6. The average Bonchev–Trinajstić information content (AvgIpc) is 3.03. The molecule has 0 spiro atoms. The number of halogens is 1. The average molecular weight is 463 g/mol. The van der Waals surface area contributed by atoms with Gasteiger partial charge >= 0.3 is 5.69 Å². The van der Waals surface area contributed by atoms with Gasteiger partial charge in [0.15, 0.2) is 22.7 Å². The van der Waals surface area contributed by atoms with Crippen LogP contribution < -0.4 is 20.7 Å². The molecule has 0 bridgehead atoms. The fourth-order valence-corrected chi connectivity index (χ4v) is 3.71. The van der Waals surface area contributed by atoms with Crippen molar-refractivity contribution in [2.45, 2.75) is 26.9 Å². The molecule has 0 amide bonds. The van der Waals surface area contributed by atoms with Crippen molar-refractivity contribution in [3.8, 4) is 11.5 Å². The van der Waals surface area contributed by atoms with Gasteiger partial charge in [0.2, 0.25) is 0 Å². The van der Waals surface area contributed by atoms with Crippen LogP contribution in [0.3, 0.4) is 0 Å². The molecule has 0 atom stereocenters. The Kier molecular flexibility index (Phi) is 5.97. The molecule has 154 valence electrons. The number of aromatic nitrogens is 4. The fourth-order valence-electron chi connectivity index (χ4n) is 3.25. The third kappa shape index (κ3) is 3.50. The topological polar surface area (TPSA) is 80.3 Å². The Hall–Kier alpha value is -2.81. The smallest absolute Gasteiger partial charge is 0.332 e. The fraction of sp³-hybridized carbons (Fsp3) is 0.350. The summed E-state index contributed by atoms with van der Waals surface area (Å²) in [4.78, 5) is 29.9. The summed E-state index contributed by atoms with van der Waals surface area (Å²) in [5, 5.41) is 0. The summed E-state index contributed by atoms with van der Waals surface area (Å²) in [6, 6.07) is 3.66. The van der Waals surface area contributed by atoms with E-state index in [2.05, 4.69) is 20.9 Å². The summed E-state index contributed by atoms with van der Waals surface area (Å²) < 4.78 is 15.9. The van der Waals surface area contributed by atoms with Gasteiger partial charge in [-0.3, -0.25) is 13.9 Å². The van der Waals surface area contributed by atoms with Crippen molar-refractivity contribution in [1.29, 1.82) is 0 Å². The summed E-state index contributed by atoms with van der Waals surface area (Å²) in [5.41, 5.74) is 0.969. The number of hydrogen-bond acceptors (Lipinski definition) is 5. The van der Waals surface area contributed by atoms with Crippen LogP contribution in [0.4, 0.5) is 0 Å². The van der Waals surface area contributed by atoms with Crippen LogP contribution in [0.25, 0.3) is 23.3 Å². The Balaban J connectivity index is 2.18. The number of imidazole rings is 1. The Morgan fingerprint density at radius 3 is 2.24 bits per heavy atom. The molecule has 0 aliphatic rings. The maximum atomic E-state index is 12.8. The van der Waals surface area contributed by atoms with Crippen molar-refractivity contribution in [2.75, 3.05) is 14.2 Å². The number of fused-ring (bicyclic) bond motifs is 1. The second-order valence-electron chi connectivity index (χ2n) is 6.34. The van der Waals surface area contributed by atoms with E-state index in [1.807, 2.05) is 25.1 Å². The van der Waals surface area contributed by atoms with Crippen molar-refractivity contribution >= 4 is 39.2 Å². The van der Waals surface area contributed by atoms with Crippen LogP contribution in [0.15, 0.2) is 26.2 Å². The summed E-state index contributed by atoms with van der Waals surface area (Å²) in [5.74, 6) is 1.78. The van der Waals surface area contributed by atoms with Gasteiger partial charge < -0.3 is 14.0 Å². The minimum atomic E-state index is -0.344. The predicted octanol–water partition coefficient (Wildman–Crippen LogP) is 2.89. The molecule has 0 aliphatic heterocycles. The lowest BCUT2D eigenvalue weighted by molar-refractivity contribution is 0.354. The second kappa shape index (κ2) is 8.28. The normalized spacial score (nSPS) is 11.5. The van der Waals surface area contributed by atoms with Gasteiger partial charge in [-0.15, -0.1) is 0 Å². The standard InChI is InChI=1S/C20H23BrN4O4/c1-6-24-18-17(19(26)25(7-2)20(24)27)23(3)16(22-18)9-8-12-10-14(28-4)15(29-5)11-13(12)21/h8-11H,6-7H2,1-5H3. The van der Waals surface area contributed by atoms with E-state index in [9.17, 15) is 9.59 Å².